The van der Waals surface area contributed by atoms with Crippen molar-refractivity contribution >= 4 is 17.7 Å². The van der Waals surface area contributed by atoms with Gasteiger partial charge in [0.15, 0.2) is 0 Å². The van der Waals surface area contributed by atoms with Crippen molar-refractivity contribution in [2.75, 3.05) is 33.3 Å². The molecule has 3 amide bonds. The Hall–Kier alpha value is -3.35. The average molecular weight is 450 g/mol. The first-order valence-corrected chi connectivity index (χ1v) is 11.6. The van der Waals surface area contributed by atoms with Gasteiger partial charge in [-0.05, 0) is 68.0 Å². The molecule has 0 radical (unpaired) electrons. The van der Waals surface area contributed by atoms with Crippen molar-refractivity contribution in [2.45, 2.75) is 31.7 Å². The second-order valence-electron chi connectivity index (χ2n) is 8.71. The van der Waals surface area contributed by atoms with E-state index in [2.05, 4.69) is 5.32 Å². The molecular formula is C26H31N3O4. The van der Waals surface area contributed by atoms with Crippen LogP contribution in [0, 0.1) is 5.92 Å². The van der Waals surface area contributed by atoms with Crippen LogP contribution in [-0.4, -0.2) is 66.9 Å². The second kappa shape index (κ2) is 10.5. The molecule has 174 valence electrons. The number of nitrogens with one attached hydrogen (secondary N) is 1. The van der Waals surface area contributed by atoms with Crippen LogP contribution in [0.1, 0.15) is 46.4 Å². The maximum absolute atomic E-state index is 13.4. The number of amides is 3. The summed E-state index contributed by atoms with van der Waals surface area (Å²) >= 11 is 0. The average Bonchev–Trinajstić information content (AvgIpc) is 3.42. The summed E-state index contributed by atoms with van der Waals surface area (Å²) in [5.41, 5.74) is 1.17. The molecule has 0 unspecified atom stereocenters. The Morgan fingerprint density at radius 1 is 0.848 bits per heavy atom. The molecule has 0 saturated carbocycles. The van der Waals surface area contributed by atoms with E-state index in [9.17, 15) is 14.4 Å². The van der Waals surface area contributed by atoms with E-state index in [1.54, 1.807) is 31.4 Å². The highest BCUT2D eigenvalue weighted by Crippen LogP contribution is 2.25. The summed E-state index contributed by atoms with van der Waals surface area (Å²) in [6.07, 6.45) is 3.33. The quantitative estimate of drug-likeness (QED) is 0.736. The van der Waals surface area contributed by atoms with Crippen LogP contribution < -0.4 is 10.1 Å². The molecule has 7 heteroatoms. The van der Waals surface area contributed by atoms with Crippen molar-refractivity contribution in [3.63, 3.8) is 0 Å². The molecule has 0 aliphatic carbocycles. The lowest BCUT2D eigenvalue weighted by atomic mass is 9.88. The minimum absolute atomic E-state index is 0.0119. The molecule has 2 aliphatic rings. The third-order valence-electron chi connectivity index (χ3n) is 6.64. The van der Waals surface area contributed by atoms with Crippen LogP contribution in [0.4, 0.5) is 0 Å². The second-order valence-corrected chi connectivity index (χ2v) is 8.71. The zero-order valence-electron chi connectivity index (χ0n) is 19.0. The van der Waals surface area contributed by atoms with E-state index in [0.717, 1.165) is 25.9 Å². The van der Waals surface area contributed by atoms with Gasteiger partial charge in [-0.25, -0.2) is 0 Å². The highest BCUT2D eigenvalue weighted by Gasteiger charge is 2.37. The summed E-state index contributed by atoms with van der Waals surface area (Å²) in [5, 5.41) is 3.02. The van der Waals surface area contributed by atoms with E-state index in [1.807, 2.05) is 40.1 Å². The number of methoxy groups -OCH3 is 1. The molecule has 0 bridgehead atoms. The molecule has 2 aliphatic heterocycles. The van der Waals surface area contributed by atoms with Crippen molar-refractivity contribution in [3.8, 4) is 5.75 Å². The first-order chi connectivity index (χ1) is 16.1. The van der Waals surface area contributed by atoms with Crippen LogP contribution in [0.5, 0.6) is 5.75 Å². The zero-order valence-corrected chi connectivity index (χ0v) is 19.0. The molecule has 33 heavy (non-hydrogen) atoms. The monoisotopic (exact) mass is 449 g/mol. The van der Waals surface area contributed by atoms with E-state index < -0.39 is 6.04 Å². The molecule has 2 aromatic carbocycles. The minimum Gasteiger partial charge on any atom is -0.497 e. The van der Waals surface area contributed by atoms with Crippen molar-refractivity contribution in [1.82, 2.24) is 15.1 Å². The minimum atomic E-state index is -0.591. The van der Waals surface area contributed by atoms with Gasteiger partial charge in [-0.15, -0.1) is 0 Å². The third-order valence-corrected chi connectivity index (χ3v) is 6.64. The maximum atomic E-state index is 13.4. The number of carbonyl (C=O) groups excluding carboxylic acids is 3. The van der Waals surface area contributed by atoms with Crippen LogP contribution in [0.15, 0.2) is 54.6 Å². The normalized spacial score (nSPS) is 17.5. The number of benzene rings is 2. The first kappa shape index (κ1) is 22.8. The van der Waals surface area contributed by atoms with Gasteiger partial charge < -0.3 is 19.9 Å². The van der Waals surface area contributed by atoms with Crippen LogP contribution in [0.25, 0.3) is 0 Å². The Kier molecular flexibility index (Phi) is 7.27. The van der Waals surface area contributed by atoms with Crippen molar-refractivity contribution in [2.24, 2.45) is 5.92 Å². The Bertz CT molecular complexity index is 963. The van der Waals surface area contributed by atoms with Gasteiger partial charge in [0.25, 0.3) is 11.8 Å². The SMILES string of the molecule is COc1ccc(C(=O)N[C@H](C(=O)N2CCCC2)C2CCN(C(=O)c3ccccc3)CC2)cc1. The Balaban J connectivity index is 1.45. The molecule has 7 nitrogen and oxygen atoms in total. The summed E-state index contributed by atoms with van der Waals surface area (Å²) in [6, 6.07) is 15.5. The number of hydrogen-bond acceptors (Lipinski definition) is 4. The van der Waals surface area contributed by atoms with Gasteiger partial charge in [0.1, 0.15) is 11.8 Å². The van der Waals surface area contributed by atoms with Gasteiger partial charge >= 0.3 is 0 Å². The van der Waals surface area contributed by atoms with Gasteiger partial charge in [-0.1, -0.05) is 18.2 Å². The molecule has 0 spiro atoms. The van der Waals surface area contributed by atoms with E-state index in [0.29, 0.717) is 42.8 Å². The van der Waals surface area contributed by atoms with Crippen molar-refractivity contribution in [1.29, 1.82) is 0 Å². The third kappa shape index (κ3) is 5.35. The lowest BCUT2D eigenvalue weighted by Gasteiger charge is -2.37. The number of carbonyl (C=O) groups is 3. The van der Waals surface area contributed by atoms with Crippen LogP contribution in [-0.2, 0) is 4.79 Å². The largest absolute Gasteiger partial charge is 0.497 e. The molecule has 1 atom stereocenters. The van der Waals surface area contributed by atoms with Gasteiger partial charge in [-0.2, -0.15) is 0 Å². The molecule has 2 aromatic rings. The number of hydrogen-bond donors (Lipinski definition) is 1. The number of piperidine rings is 1. The lowest BCUT2D eigenvalue weighted by molar-refractivity contribution is -0.134. The zero-order chi connectivity index (χ0) is 23.2. The maximum Gasteiger partial charge on any atom is 0.253 e. The van der Waals surface area contributed by atoms with E-state index in [1.165, 1.54) is 0 Å². The van der Waals surface area contributed by atoms with Crippen LogP contribution in [0.2, 0.25) is 0 Å². The highest BCUT2D eigenvalue weighted by molar-refractivity contribution is 5.98. The Morgan fingerprint density at radius 2 is 1.48 bits per heavy atom. The van der Waals surface area contributed by atoms with E-state index in [-0.39, 0.29) is 23.6 Å². The summed E-state index contributed by atoms with van der Waals surface area (Å²) in [5.74, 6) is 0.394. The van der Waals surface area contributed by atoms with Crippen LogP contribution in [0.3, 0.4) is 0 Å². The number of likely N-dealkylation sites (tertiary alicyclic amines) is 2. The molecular weight excluding hydrogens is 418 g/mol. The fraction of sp³-hybridized carbons (Fsp3) is 0.423. The molecule has 2 heterocycles. The fourth-order valence-corrected chi connectivity index (χ4v) is 4.68. The topological polar surface area (TPSA) is 79.0 Å². The smallest absolute Gasteiger partial charge is 0.253 e. The molecule has 2 fully saturated rings. The summed E-state index contributed by atoms with van der Waals surface area (Å²) in [4.78, 5) is 42.9. The lowest BCUT2D eigenvalue weighted by Crippen LogP contribution is -2.54. The predicted octanol–water partition coefficient (Wildman–Crippen LogP) is 2.97. The summed E-state index contributed by atoms with van der Waals surface area (Å²) in [6.45, 7) is 2.61. The number of nitrogens with zero attached hydrogens (tertiary/aromatic N) is 2. The predicted molar refractivity (Wildman–Crippen MR) is 125 cm³/mol. The number of ether oxygens (including phenoxy) is 1. The molecule has 1 N–H and O–H groups in total. The van der Waals surface area contributed by atoms with Crippen LogP contribution >= 0.6 is 0 Å². The van der Waals surface area contributed by atoms with Crippen molar-refractivity contribution < 1.29 is 19.1 Å². The standard InChI is InChI=1S/C26H31N3O4/c1-33-22-11-9-20(10-12-22)24(30)27-23(26(32)28-15-5-6-16-28)19-13-17-29(18-14-19)25(31)21-7-3-2-4-8-21/h2-4,7-12,19,23H,5-6,13-18H2,1H3,(H,27,30)/t23-/m0/s1. The summed E-state index contributed by atoms with van der Waals surface area (Å²) in [7, 11) is 1.58. The molecule has 0 aromatic heterocycles. The van der Waals surface area contributed by atoms with Gasteiger partial charge in [0, 0.05) is 37.3 Å². The Morgan fingerprint density at radius 3 is 2.09 bits per heavy atom. The number of rotatable bonds is 6. The van der Waals surface area contributed by atoms with Gasteiger partial charge in [0.2, 0.25) is 5.91 Å². The van der Waals surface area contributed by atoms with E-state index in [4.69, 9.17) is 4.74 Å². The molecule has 2 saturated heterocycles. The summed E-state index contributed by atoms with van der Waals surface area (Å²) < 4.78 is 5.17. The van der Waals surface area contributed by atoms with Gasteiger partial charge in [0.05, 0.1) is 7.11 Å². The first-order valence-electron chi connectivity index (χ1n) is 11.6. The molecule has 4 rings (SSSR count). The Labute approximate surface area is 194 Å². The highest BCUT2D eigenvalue weighted by atomic mass is 16.5. The van der Waals surface area contributed by atoms with Crippen molar-refractivity contribution in [3.05, 3.63) is 65.7 Å². The van der Waals surface area contributed by atoms with E-state index >= 15 is 0 Å². The van der Waals surface area contributed by atoms with Gasteiger partial charge in [-0.3, -0.25) is 14.4 Å². The fourth-order valence-electron chi connectivity index (χ4n) is 4.68.